The first-order valence-corrected chi connectivity index (χ1v) is 4.40. The van der Waals surface area contributed by atoms with Gasteiger partial charge in [0.15, 0.2) is 0 Å². The maximum atomic E-state index is 12.8. The van der Waals surface area contributed by atoms with Crippen LogP contribution in [0, 0.1) is 0 Å². The van der Waals surface area contributed by atoms with Crippen molar-refractivity contribution in [3.05, 3.63) is 12.2 Å². The number of hydrogen-bond donors (Lipinski definition) is 1. The summed E-state index contributed by atoms with van der Waals surface area (Å²) in [6, 6.07) is 0. The van der Waals surface area contributed by atoms with Gasteiger partial charge < -0.3 is 10.1 Å². The highest BCUT2D eigenvalue weighted by atomic mass is 19.3. The maximum Gasteiger partial charge on any atom is 0.283 e. The van der Waals surface area contributed by atoms with Crippen LogP contribution in [0.15, 0.2) is 12.2 Å². The molecule has 0 aromatic carbocycles. The highest BCUT2D eigenvalue weighted by Crippen LogP contribution is 2.11. The van der Waals surface area contributed by atoms with E-state index in [9.17, 15) is 8.78 Å². The number of rotatable bonds is 7. The average molecular weight is 193 g/mol. The SMILES string of the molecule is C/C=C/COCC(F)(F)CNCC. The fraction of sp³-hybridized carbons (Fsp3) is 0.778. The Balaban J connectivity index is 3.49. The minimum atomic E-state index is -2.77. The zero-order chi connectivity index (χ0) is 10.2. The molecule has 2 nitrogen and oxygen atoms in total. The fourth-order valence-electron chi connectivity index (χ4n) is 0.731. The van der Waals surface area contributed by atoms with Crippen LogP contribution in [0.2, 0.25) is 0 Å². The fourth-order valence-corrected chi connectivity index (χ4v) is 0.731. The van der Waals surface area contributed by atoms with Crippen molar-refractivity contribution in [2.45, 2.75) is 19.8 Å². The second-order valence-electron chi connectivity index (χ2n) is 2.72. The minimum absolute atomic E-state index is 0.248. The van der Waals surface area contributed by atoms with E-state index in [0.29, 0.717) is 6.54 Å². The normalized spacial score (nSPS) is 12.6. The van der Waals surface area contributed by atoms with Gasteiger partial charge in [0.25, 0.3) is 5.92 Å². The summed E-state index contributed by atoms with van der Waals surface area (Å²) in [6.07, 6.45) is 3.46. The Hall–Kier alpha value is -0.480. The zero-order valence-corrected chi connectivity index (χ0v) is 8.15. The Morgan fingerprint density at radius 1 is 1.46 bits per heavy atom. The van der Waals surface area contributed by atoms with Gasteiger partial charge in [0.2, 0.25) is 0 Å². The summed E-state index contributed by atoms with van der Waals surface area (Å²) in [6.45, 7) is 3.56. The third kappa shape index (κ3) is 7.87. The van der Waals surface area contributed by atoms with Crippen LogP contribution in [-0.4, -0.2) is 32.2 Å². The van der Waals surface area contributed by atoms with Crippen LogP contribution in [0.1, 0.15) is 13.8 Å². The van der Waals surface area contributed by atoms with Crippen LogP contribution in [0.25, 0.3) is 0 Å². The van der Waals surface area contributed by atoms with Crippen LogP contribution >= 0.6 is 0 Å². The minimum Gasteiger partial charge on any atom is -0.371 e. The molecule has 0 amide bonds. The molecular formula is C9H17F2NO. The summed E-state index contributed by atoms with van der Waals surface area (Å²) in [5.74, 6) is -2.77. The first-order valence-electron chi connectivity index (χ1n) is 4.40. The third-order valence-corrected chi connectivity index (χ3v) is 1.40. The highest BCUT2D eigenvalue weighted by molar-refractivity contribution is 4.77. The maximum absolute atomic E-state index is 12.8. The molecule has 0 radical (unpaired) electrons. The smallest absolute Gasteiger partial charge is 0.283 e. The molecule has 0 fully saturated rings. The molecular weight excluding hydrogens is 176 g/mol. The lowest BCUT2D eigenvalue weighted by molar-refractivity contribution is -0.0687. The predicted molar refractivity (Wildman–Crippen MR) is 49.1 cm³/mol. The average Bonchev–Trinajstić information content (AvgIpc) is 2.09. The number of hydrogen-bond acceptors (Lipinski definition) is 2. The topological polar surface area (TPSA) is 21.3 Å². The molecule has 0 rings (SSSR count). The lowest BCUT2D eigenvalue weighted by Gasteiger charge is -2.15. The van der Waals surface area contributed by atoms with Gasteiger partial charge in [-0.25, -0.2) is 8.78 Å². The third-order valence-electron chi connectivity index (χ3n) is 1.40. The van der Waals surface area contributed by atoms with Gasteiger partial charge in [-0.1, -0.05) is 19.1 Å². The predicted octanol–water partition coefficient (Wildman–Crippen LogP) is 1.82. The first-order chi connectivity index (χ1) is 6.12. The van der Waals surface area contributed by atoms with E-state index in [2.05, 4.69) is 5.32 Å². The van der Waals surface area contributed by atoms with Crippen LogP contribution in [0.5, 0.6) is 0 Å². The lowest BCUT2D eigenvalue weighted by Crippen LogP contribution is -2.36. The molecule has 0 heterocycles. The number of ether oxygens (including phenoxy) is 1. The first kappa shape index (κ1) is 12.5. The number of alkyl halides is 2. The van der Waals surface area contributed by atoms with E-state index in [4.69, 9.17) is 4.74 Å². The quantitative estimate of drug-likeness (QED) is 0.492. The molecule has 0 aromatic heterocycles. The molecule has 0 bridgehead atoms. The standard InChI is InChI=1S/C9H17F2NO/c1-3-5-6-13-8-9(10,11)7-12-4-2/h3,5,12H,4,6-8H2,1-2H3/b5-3+. The van der Waals surface area contributed by atoms with E-state index in [1.807, 2.05) is 6.92 Å². The Morgan fingerprint density at radius 3 is 2.69 bits per heavy atom. The molecule has 0 atom stereocenters. The molecule has 0 aromatic rings. The summed E-state index contributed by atoms with van der Waals surface area (Å²) in [7, 11) is 0. The van der Waals surface area contributed by atoms with Gasteiger partial charge >= 0.3 is 0 Å². The van der Waals surface area contributed by atoms with Gasteiger partial charge in [-0.15, -0.1) is 0 Å². The summed E-state index contributed by atoms with van der Waals surface area (Å²) < 4.78 is 30.4. The molecule has 0 unspecified atom stereocenters. The number of halogens is 2. The van der Waals surface area contributed by atoms with E-state index in [1.165, 1.54) is 0 Å². The van der Waals surface area contributed by atoms with Crippen LogP contribution in [0.3, 0.4) is 0 Å². The van der Waals surface area contributed by atoms with Crippen molar-refractivity contribution in [1.82, 2.24) is 5.32 Å². The van der Waals surface area contributed by atoms with E-state index >= 15 is 0 Å². The molecule has 0 spiro atoms. The van der Waals surface area contributed by atoms with Gasteiger partial charge in [-0.3, -0.25) is 0 Å². The summed E-state index contributed by atoms with van der Waals surface area (Å²) in [5.41, 5.74) is 0. The van der Waals surface area contributed by atoms with Crippen molar-refractivity contribution < 1.29 is 13.5 Å². The molecule has 4 heteroatoms. The van der Waals surface area contributed by atoms with E-state index in [0.717, 1.165) is 0 Å². The van der Waals surface area contributed by atoms with Crippen molar-refractivity contribution in [3.8, 4) is 0 Å². The zero-order valence-electron chi connectivity index (χ0n) is 8.15. The van der Waals surface area contributed by atoms with E-state index < -0.39 is 12.5 Å². The molecule has 0 saturated carbocycles. The van der Waals surface area contributed by atoms with Gasteiger partial charge in [0.1, 0.15) is 6.61 Å². The molecule has 13 heavy (non-hydrogen) atoms. The lowest BCUT2D eigenvalue weighted by atomic mass is 10.3. The molecule has 0 aliphatic rings. The number of nitrogens with one attached hydrogen (secondary N) is 1. The second-order valence-corrected chi connectivity index (χ2v) is 2.72. The summed E-state index contributed by atoms with van der Waals surface area (Å²) in [5, 5.41) is 2.58. The Bertz CT molecular complexity index is 149. The van der Waals surface area contributed by atoms with Crippen molar-refractivity contribution in [2.24, 2.45) is 0 Å². The molecule has 0 aliphatic carbocycles. The van der Waals surface area contributed by atoms with E-state index in [1.54, 1.807) is 19.1 Å². The Labute approximate surface area is 78.0 Å². The Kier molecular flexibility index (Phi) is 6.72. The summed E-state index contributed by atoms with van der Waals surface area (Å²) in [4.78, 5) is 0. The molecule has 0 aliphatic heterocycles. The molecule has 78 valence electrons. The van der Waals surface area contributed by atoms with Gasteiger partial charge in [0, 0.05) is 0 Å². The van der Waals surface area contributed by atoms with Gasteiger partial charge in [-0.05, 0) is 13.5 Å². The van der Waals surface area contributed by atoms with Gasteiger partial charge in [0.05, 0.1) is 13.2 Å². The van der Waals surface area contributed by atoms with Crippen LogP contribution in [-0.2, 0) is 4.74 Å². The number of allylic oxidation sites excluding steroid dienone is 1. The van der Waals surface area contributed by atoms with Crippen molar-refractivity contribution in [1.29, 1.82) is 0 Å². The molecule has 0 saturated heterocycles. The Morgan fingerprint density at radius 2 is 2.15 bits per heavy atom. The van der Waals surface area contributed by atoms with Crippen LogP contribution < -0.4 is 5.32 Å². The van der Waals surface area contributed by atoms with Gasteiger partial charge in [-0.2, -0.15) is 0 Å². The second kappa shape index (κ2) is 6.97. The van der Waals surface area contributed by atoms with Crippen LogP contribution in [0.4, 0.5) is 8.78 Å². The monoisotopic (exact) mass is 193 g/mol. The van der Waals surface area contributed by atoms with Crippen molar-refractivity contribution in [3.63, 3.8) is 0 Å². The van der Waals surface area contributed by atoms with Crippen molar-refractivity contribution in [2.75, 3.05) is 26.3 Å². The summed E-state index contributed by atoms with van der Waals surface area (Å²) >= 11 is 0. The van der Waals surface area contributed by atoms with Crippen molar-refractivity contribution >= 4 is 0 Å². The van der Waals surface area contributed by atoms with E-state index in [-0.39, 0.29) is 13.2 Å². The molecule has 1 N–H and O–H groups in total. The largest absolute Gasteiger partial charge is 0.371 e. The highest BCUT2D eigenvalue weighted by Gasteiger charge is 2.27.